The summed E-state index contributed by atoms with van der Waals surface area (Å²) >= 11 is 0. The number of hydrogen-bond acceptors (Lipinski definition) is 2. The van der Waals surface area contributed by atoms with Gasteiger partial charge in [-0.15, -0.1) is 0 Å². The van der Waals surface area contributed by atoms with Crippen LogP contribution in [0.5, 0.6) is 0 Å². The Morgan fingerprint density at radius 3 is 1.68 bits per heavy atom. The predicted molar refractivity (Wildman–Crippen MR) is 91.0 cm³/mol. The fourth-order valence-electron chi connectivity index (χ4n) is 2.76. The second-order valence-corrected chi connectivity index (χ2v) is 6.74. The summed E-state index contributed by atoms with van der Waals surface area (Å²) in [6, 6.07) is 7.82. The molecule has 22 heavy (non-hydrogen) atoms. The zero-order valence-electron chi connectivity index (χ0n) is 14.9. The van der Waals surface area contributed by atoms with Gasteiger partial charge in [-0.3, -0.25) is 9.59 Å². The Labute approximate surface area is 134 Å². The summed E-state index contributed by atoms with van der Waals surface area (Å²) in [5, 5.41) is 0. The number of ketones is 1. The van der Waals surface area contributed by atoms with Crippen molar-refractivity contribution in [3.63, 3.8) is 0 Å². The summed E-state index contributed by atoms with van der Waals surface area (Å²) in [4.78, 5) is 27.2. The largest absolute Gasteiger partial charge is 0.338 e. The lowest BCUT2D eigenvalue weighted by atomic mass is 9.86. The van der Waals surface area contributed by atoms with Gasteiger partial charge in [0.2, 0.25) is 5.91 Å². The maximum Gasteiger partial charge on any atom is 0.226 e. The Bertz CT molecular complexity index is 509. The Hall–Kier alpha value is -1.64. The van der Waals surface area contributed by atoms with Gasteiger partial charge in [-0.2, -0.15) is 0 Å². The van der Waals surface area contributed by atoms with Crippen LogP contribution >= 0.6 is 0 Å². The molecule has 2 atom stereocenters. The molecule has 122 valence electrons. The first-order valence-electron chi connectivity index (χ1n) is 8.09. The number of hydrogen-bond donors (Lipinski definition) is 0. The van der Waals surface area contributed by atoms with Crippen LogP contribution in [-0.4, -0.2) is 28.7 Å². The molecule has 0 aliphatic heterocycles. The minimum atomic E-state index is -0.324. The number of carbonyl (C=O) groups excluding carboxylic acids is 2. The number of nitrogens with zero attached hydrogens (tertiary/aromatic N) is 1. The third-order valence-corrected chi connectivity index (χ3v) is 4.26. The van der Waals surface area contributed by atoms with Crippen LogP contribution in [0.15, 0.2) is 24.3 Å². The summed E-state index contributed by atoms with van der Waals surface area (Å²) < 4.78 is 0. The average molecular weight is 303 g/mol. The molecule has 0 aliphatic carbocycles. The molecule has 1 aromatic rings. The van der Waals surface area contributed by atoms with Crippen LogP contribution in [0.4, 0.5) is 0 Å². The molecule has 0 unspecified atom stereocenters. The molecule has 0 fully saturated rings. The smallest absolute Gasteiger partial charge is 0.226 e. The first kappa shape index (κ1) is 18.4. The van der Waals surface area contributed by atoms with Crippen molar-refractivity contribution in [3.05, 3.63) is 35.4 Å². The molecule has 1 rings (SSSR count). The average Bonchev–Trinajstić information content (AvgIpc) is 2.44. The van der Waals surface area contributed by atoms with Gasteiger partial charge in [0.25, 0.3) is 0 Å². The van der Waals surface area contributed by atoms with E-state index in [1.165, 1.54) is 0 Å². The highest BCUT2D eigenvalue weighted by atomic mass is 16.2. The van der Waals surface area contributed by atoms with E-state index in [-0.39, 0.29) is 35.6 Å². The molecule has 0 aliphatic rings. The molecule has 3 nitrogen and oxygen atoms in total. The molecular formula is C19H29NO2. The number of carbonyl (C=O) groups is 2. The van der Waals surface area contributed by atoms with E-state index in [1.807, 2.05) is 77.6 Å². The lowest BCUT2D eigenvalue weighted by Crippen LogP contribution is -2.46. The van der Waals surface area contributed by atoms with Crippen LogP contribution in [0, 0.1) is 18.8 Å². The monoisotopic (exact) mass is 303 g/mol. The fraction of sp³-hybridized carbons (Fsp3) is 0.579. The molecule has 0 saturated carbocycles. The molecule has 3 heteroatoms. The highest BCUT2D eigenvalue weighted by Crippen LogP contribution is 2.22. The molecule has 0 radical (unpaired) electrons. The van der Waals surface area contributed by atoms with Crippen molar-refractivity contribution in [2.45, 2.75) is 60.5 Å². The normalized spacial score (nSPS) is 14.0. The van der Waals surface area contributed by atoms with Crippen molar-refractivity contribution in [2.24, 2.45) is 11.8 Å². The minimum absolute atomic E-state index is 0.0355. The van der Waals surface area contributed by atoms with Gasteiger partial charge in [-0.25, -0.2) is 0 Å². The van der Waals surface area contributed by atoms with Crippen molar-refractivity contribution in [1.29, 1.82) is 0 Å². The van der Waals surface area contributed by atoms with Crippen LogP contribution in [0.1, 0.15) is 57.5 Å². The molecule has 0 aromatic heterocycles. The van der Waals surface area contributed by atoms with Crippen LogP contribution in [-0.2, 0) is 4.79 Å². The predicted octanol–water partition coefficient (Wildman–Crippen LogP) is 4.10. The number of rotatable bonds is 6. The van der Waals surface area contributed by atoms with Gasteiger partial charge < -0.3 is 4.90 Å². The van der Waals surface area contributed by atoms with E-state index in [9.17, 15) is 9.59 Å². The summed E-state index contributed by atoms with van der Waals surface area (Å²) in [5.74, 6) is -0.555. The Morgan fingerprint density at radius 2 is 1.27 bits per heavy atom. The van der Waals surface area contributed by atoms with Gasteiger partial charge >= 0.3 is 0 Å². The molecule has 0 N–H and O–H groups in total. The van der Waals surface area contributed by atoms with Crippen molar-refractivity contribution in [2.75, 3.05) is 0 Å². The van der Waals surface area contributed by atoms with Crippen LogP contribution in [0.3, 0.4) is 0 Å². The van der Waals surface area contributed by atoms with Gasteiger partial charge in [0.05, 0.1) is 0 Å². The van der Waals surface area contributed by atoms with Crippen molar-refractivity contribution in [3.8, 4) is 0 Å². The number of amides is 1. The molecule has 0 bridgehead atoms. The second-order valence-electron chi connectivity index (χ2n) is 6.74. The van der Waals surface area contributed by atoms with Crippen LogP contribution < -0.4 is 0 Å². The van der Waals surface area contributed by atoms with Gasteiger partial charge in [0.1, 0.15) is 0 Å². The molecule has 1 amide bonds. The van der Waals surface area contributed by atoms with Crippen LogP contribution in [0.25, 0.3) is 0 Å². The molecule has 0 heterocycles. The summed E-state index contributed by atoms with van der Waals surface area (Å²) in [5.41, 5.74) is 1.80. The summed E-state index contributed by atoms with van der Waals surface area (Å²) in [7, 11) is 0. The summed E-state index contributed by atoms with van der Waals surface area (Å²) in [6.45, 7) is 13.7. The van der Waals surface area contributed by atoms with E-state index >= 15 is 0 Å². The minimum Gasteiger partial charge on any atom is -0.338 e. The highest BCUT2D eigenvalue weighted by molar-refractivity contribution is 6.00. The van der Waals surface area contributed by atoms with E-state index in [2.05, 4.69) is 0 Å². The summed E-state index contributed by atoms with van der Waals surface area (Å²) in [6.07, 6.45) is 0. The maximum absolute atomic E-state index is 12.7. The SMILES string of the molecule is Cc1ccc(C(=O)[C@@H](C)[C@H](C)C(=O)N(C(C)C)C(C)C)cc1. The second kappa shape index (κ2) is 7.57. The third kappa shape index (κ3) is 4.19. The molecule has 0 saturated heterocycles. The maximum atomic E-state index is 12.7. The molecule has 0 spiro atoms. The third-order valence-electron chi connectivity index (χ3n) is 4.26. The van der Waals surface area contributed by atoms with Crippen molar-refractivity contribution >= 4 is 11.7 Å². The lowest BCUT2D eigenvalue weighted by molar-refractivity contribution is -0.139. The zero-order valence-corrected chi connectivity index (χ0v) is 14.9. The van der Waals surface area contributed by atoms with E-state index < -0.39 is 0 Å². The number of Topliss-reactive ketones (excluding diaryl/α,β-unsaturated/α-hetero) is 1. The lowest BCUT2D eigenvalue weighted by Gasteiger charge is -2.34. The standard InChI is InChI=1S/C19H29NO2/c1-12(2)20(13(3)4)19(22)16(7)15(6)18(21)17-10-8-14(5)9-11-17/h8-13,15-16H,1-7H3/t15-,16-/m0/s1. The van der Waals surface area contributed by atoms with Gasteiger partial charge in [0.15, 0.2) is 5.78 Å². The van der Waals surface area contributed by atoms with Crippen molar-refractivity contribution < 1.29 is 9.59 Å². The number of benzene rings is 1. The quantitative estimate of drug-likeness (QED) is 0.742. The van der Waals surface area contributed by atoms with Crippen molar-refractivity contribution in [1.82, 2.24) is 4.90 Å². The van der Waals surface area contributed by atoms with E-state index in [1.54, 1.807) is 0 Å². The van der Waals surface area contributed by atoms with Gasteiger partial charge in [-0.05, 0) is 34.6 Å². The molecule has 1 aromatic carbocycles. The van der Waals surface area contributed by atoms with E-state index in [4.69, 9.17) is 0 Å². The van der Waals surface area contributed by atoms with Gasteiger partial charge in [0, 0.05) is 29.5 Å². The first-order chi connectivity index (χ1) is 10.2. The Kier molecular flexibility index (Phi) is 6.34. The zero-order chi connectivity index (χ0) is 17.0. The van der Waals surface area contributed by atoms with Gasteiger partial charge in [-0.1, -0.05) is 43.7 Å². The van der Waals surface area contributed by atoms with Crippen LogP contribution in [0.2, 0.25) is 0 Å². The number of aryl methyl sites for hydroxylation is 1. The highest BCUT2D eigenvalue weighted by Gasteiger charge is 2.32. The topological polar surface area (TPSA) is 37.4 Å². The Morgan fingerprint density at radius 1 is 0.818 bits per heavy atom. The Balaban J connectivity index is 2.91. The molecular weight excluding hydrogens is 274 g/mol. The van der Waals surface area contributed by atoms with E-state index in [0.29, 0.717) is 5.56 Å². The fourth-order valence-corrected chi connectivity index (χ4v) is 2.76. The first-order valence-corrected chi connectivity index (χ1v) is 8.09. The van der Waals surface area contributed by atoms with E-state index in [0.717, 1.165) is 5.56 Å².